The number of anilines is 1. The molecule has 1 aromatic rings. The van der Waals surface area contributed by atoms with Crippen LogP contribution >= 0.6 is 11.3 Å². The molecule has 20 heavy (non-hydrogen) atoms. The molecule has 6 heteroatoms. The highest BCUT2D eigenvalue weighted by atomic mass is 32.1. The zero-order valence-electron chi connectivity index (χ0n) is 12.0. The van der Waals surface area contributed by atoms with Crippen LogP contribution in [0.5, 0.6) is 0 Å². The molecule has 2 heterocycles. The summed E-state index contributed by atoms with van der Waals surface area (Å²) in [6, 6.07) is 0. The van der Waals surface area contributed by atoms with Crippen LogP contribution in [0, 0.1) is 12.8 Å². The van der Waals surface area contributed by atoms with E-state index in [1.54, 1.807) is 11.3 Å². The molecular formula is C14H22N4OS. The number of hydrogen-bond acceptors (Lipinski definition) is 5. The van der Waals surface area contributed by atoms with Crippen LogP contribution in [-0.2, 0) is 4.79 Å². The zero-order chi connectivity index (χ0) is 13.9. The normalized spacial score (nSPS) is 21.2. The van der Waals surface area contributed by atoms with Crippen LogP contribution in [0.25, 0.3) is 0 Å². The molecule has 2 aliphatic rings. The number of rotatable bonds is 2. The lowest BCUT2D eigenvalue weighted by atomic mass is 9.88. The Morgan fingerprint density at radius 1 is 1.10 bits per heavy atom. The van der Waals surface area contributed by atoms with Crippen LogP contribution in [0.1, 0.15) is 37.1 Å². The predicted molar refractivity (Wildman–Crippen MR) is 80.0 cm³/mol. The molecule has 1 amide bonds. The highest BCUT2D eigenvalue weighted by Gasteiger charge is 2.29. The monoisotopic (exact) mass is 294 g/mol. The minimum absolute atomic E-state index is 0.291. The lowest BCUT2D eigenvalue weighted by Crippen LogP contribution is -2.50. The molecule has 3 rings (SSSR count). The van der Waals surface area contributed by atoms with Gasteiger partial charge in [0.05, 0.1) is 0 Å². The number of amides is 1. The van der Waals surface area contributed by atoms with Gasteiger partial charge in [-0.3, -0.25) is 4.79 Å². The molecule has 0 unspecified atom stereocenters. The summed E-state index contributed by atoms with van der Waals surface area (Å²) < 4.78 is 0. The summed E-state index contributed by atoms with van der Waals surface area (Å²) >= 11 is 1.63. The molecule has 110 valence electrons. The Labute approximate surface area is 124 Å². The smallest absolute Gasteiger partial charge is 0.225 e. The Kier molecular flexibility index (Phi) is 4.19. The molecule has 1 aliphatic carbocycles. The first-order valence-electron chi connectivity index (χ1n) is 7.58. The highest BCUT2D eigenvalue weighted by Crippen LogP contribution is 2.26. The third kappa shape index (κ3) is 2.95. The van der Waals surface area contributed by atoms with Crippen molar-refractivity contribution in [3.8, 4) is 0 Å². The largest absolute Gasteiger partial charge is 0.343 e. The van der Waals surface area contributed by atoms with Gasteiger partial charge in [0.2, 0.25) is 11.0 Å². The van der Waals surface area contributed by atoms with Crippen LogP contribution < -0.4 is 4.90 Å². The van der Waals surface area contributed by atoms with E-state index in [1.807, 2.05) is 6.92 Å². The van der Waals surface area contributed by atoms with Gasteiger partial charge in [0.25, 0.3) is 0 Å². The Balaban J connectivity index is 1.54. The van der Waals surface area contributed by atoms with Crippen molar-refractivity contribution in [1.29, 1.82) is 0 Å². The molecule has 1 saturated carbocycles. The number of aryl methyl sites for hydroxylation is 1. The van der Waals surface area contributed by atoms with E-state index in [0.29, 0.717) is 11.8 Å². The number of hydrogen-bond donors (Lipinski definition) is 0. The van der Waals surface area contributed by atoms with E-state index in [1.165, 1.54) is 19.3 Å². The Bertz CT molecular complexity index is 461. The summed E-state index contributed by atoms with van der Waals surface area (Å²) in [5, 5.41) is 10.2. The minimum atomic E-state index is 0.291. The van der Waals surface area contributed by atoms with Crippen LogP contribution in [0.3, 0.4) is 0 Å². The molecule has 1 aromatic heterocycles. The first-order valence-corrected chi connectivity index (χ1v) is 8.39. The van der Waals surface area contributed by atoms with Gasteiger partial charge in [0, 0.05) is 32.1 Å². The highest BCUT2D eigenvalue weighted by molar-refractivity contribution is 7.15. The molecule has 0 N–H and O–H groups in total. The molecule has 0 bridgehead atoms. The van der Waals surface area contributed by atoms with Crippen LogP contribution in [0.15, 0.2) is 0 Å². The second kappa shape index (κ2) is 6.08. The average Bonchev–Trinajstić information content (AvgIpc) is 2.94. The second-order valence-electron chi connectivity index (χ2n) is 5.75. The number of aromatic nitrogens is 2. The third-order valence-corrected chi connectivity index (χ3v) is 5.23. The Morgan fingerprint density at radius 3 is 2.40 bits per heavy atom. The maximum Gasteiger partial charge on any atom is 0.225 e. The topological polar surface area (TPSA) is 49.3 Å². The van der Waals surface area contributed by atoms with E-state index in [2.05, 4.69) is 20.0 Å². The molecule has 0 radical (unpaired) electrons. The molecule has 1 saturated heterocycles. The average molecular weight is 294 g/mol. The van der Waals surface area contributed by atoms with Crippen molar-refractivity contribution in [2.75, 3.05) is 31.1 Å². The van der Waals surface area contributed by atoms with Crippen LogP contribution in [-0.4, -0.2) is 47.2 Å². The van der Waals surface area contributed by atoms with Crippen molar-refractivity contribution in [1.82, 2.24) is 15.1 Å². The van der Waals surface area contributed by atoms with Crippen LogP contribution in [0.2, 0.25) is 0 Å². The van der Waals surface area contributed by atoms with E-state index in [9.17, 15) is 4.79 Å². The molecule has 0 spiro atoms. The van der Waals surface area contributed by atoms with Gasteiger partial charge < -0.3 is 9.80 Å². The van der Waals surface area contributed by atoms with E-state index in [-0.39, 0.29) is 0 Å². The summed E-state index contributed by atoms with van der Waals surface area (Å²) in [4.78, 5) is 16.8. The molecule has 2 fully saturated rings. The van der Waals surface area contributed by atoms with E-state index in [4.69, 9.17) is 0 Å². The molecule has 1 aliphatic heterocycles. The van der Waals surface area contributed by atoms with Gasteiger partial charge >= 0.3 is 0 Å². The van der Waals surface area contributed by atoms with Crippen LogP contribution in [0.4, 0.5) is 5.13 Å². The quantitative estimate of drug-likeness (QED) is 0.838. The number of carbonyl (C=O) groups is 1. The van der Waals surface area contributed by atoms with Gasteiger partial charge in [-0.15, -0.1) is 10.2 Å². The van der Waals surface area contributed by atoms with E-state index in [0.717, 1.165) is 49.2 Å². The number of carbonyl (C=O) groups excluding carboxylic acids is 1. The maximum absolute atomic E-state index is 12.5. The Hall–Kier alpha value is -1.17. The standard InChI is InChI=1S/C14H22N4OS/c1-11-15-16-14(20-11)18-9-7-17(8-10-18)13(19)12-5-3-2-4-6-12/h12H,2-10H2,1H3. The summed E-state index contributed by atoms with van der Waals surface area (Å²) in [7, 11) is 0. The summed E-state index contributed by atoms with van der Waals surface area (Å²) in [5.74, 6) is 0.678. The van der Waals surface area contributed by atoms with Gasteiger partial charge in [-0.05, 0) is 19.8 Å². The van der Waals surface area contributed by atoms with E-state index >= 15 is 0 Å². The number of piperazine rings is 1. The molecule has 0 atom stereocenters. The zero-order valence-corrected chi connectivity index (χ0v) is 12.9. The third-order valence-electron chi connectivity index (χ3n) is 4.33. The summed E-state index contributed by atoms with van der Waals surface area (Å²) in [6.45, 7) is 5.39. The van der Waals surface area contributed by atoms with Crippen molar-refractivity contribution in [2.45, 2.75) is 39.0 Å². The fourth-order valence-corrected chi connectivity index (χ4v) is 3.88. The fraction of sp³-hybridized carbons (Fsp3) is 0.786. The van der Waals surface area contributed by atoms with Crippen molar-refractivity contribution >= 4 is 22.4 Å². The van der Waals surface area contributed by atoms with E-state index < -0.39 is 0 Å². The molecular weight excluding hydrogens is 272 g/mol. The van der Waals surface area contributed by atoms with Crippen molar-refractivity contribution in [3.63, 3.8) is 0 Å². The van der Waals surface area contributed by atoms with Gasteiger partial charge in [-0.2, -0.15) is 0 Å². The number of nitrogens with zero attached hydrogens (tertiary/aromatic N) is 4. The second-order valence-corrected chi connectivity index (χ2v) is 6.91. The molecule has 0 aromatic carbocycles. The van der Waals surface area contributed by atoms with Gasteiger partial charge in [-0.1, -0.05) is 30.6 Å². The lowest BCUT2D eigenvalue weighted by molar-refractivity contribution is -0.136. The van der Waals surface area contributed by atoms with Gasteiger partial charge in [0.15, 0.2) is 0 Å². The minimum Gasteiger partial charge on any atom is -0.343 e. The lowest BCUT2D eigenvalue weighted by Gasteiger charge is -2.36. The maximum atomic E-state index is 12.5. The van der Waals surface area contributed by atoms with Gasteiger partial charge in [-0.25, -0.2) is 0 Å². The van der Waals surface area contributed by atoms with Crippen molar-refractivity contribution in [2.24, 2.45) is 5.92 Å². The first-order chi connectivity index (χ1) is 9.74. The first kappa shape index (κ1) is 13.8. The van der Waals surface area contributed by atoms with Crippen molar-refractivity contribution in [3.05, 3.63) is 5.01 Å². The molecule has 5 nitrogen and oxygen atoms in total. The fourth-order valence-electron chi connectivity index (χ4n) is 3.14. The predicted octanol–water partition coefficient (Wildman–Crippen LogP) is 2.08. The van der Waals surface area contributed by atoms with Gasteiger partial charge in [0.1, 0.15) is 5.01 Å². The SMILES string of the molecule is Cc1nnc(N2CCN(C(=O)C3CCCCC3)CC2)s1. The Morgan fingerprint density at radius 2 is 1.80 bits per heavy atom. The van der Waals surface area contributed by atoms with Crippen molar-refractivity contribution < 1.29 is 4.79 Å². The summed E-state index contributed by atoms with van der Waals surface area (Å²) in [6.07, 6.45) is 5.93. The summed E-state index contributed by atoms with van der Waals surface area (Å²) in [5.41, 5.74) is 0.